The Hall–Kier alpha value is -2.74. The van der Waals surface area contributed by atoms with Gasteiger partial charge in [0.2, 0.25) is 5.82 Å². The van der Waals surface area contributed by atoms with Crippen molar-refractivity contribution in [3.63, 3.8) is 0 Å². The number of pyridine rings is 1. The van der Waals surface area contributed by atoms with E-state index in [2.05, 4.69) is 30.5 Å². The Morgan fingerprint density at radius 1 is 1.33 bits per heavy atom. The second-order valence-corrected chi connectivity index (χ2v) is 6.66. The second kappa shape index (κ2) is 8.30. The molecule has 0 bridgehead atoms. The molecule has 1 saturated heterocycles. The fraction of sp³-hybridized carbons (Fsp3) is 0.474. The van der Waals surface area contributed by atoms with Crippen molar-refractivity contribution in [3.8, 4) is 5.75 Å². The van der Waals surface area contributed by atoms with Crippen molar-refractivity contribution >= 4 is 11.7 Å². The van der Waals surface area contributed by atoms with Crippen LogP contribution in [0.5, 0.6) is 5.75 Å². The highest BCUT2D eigenvalue weighted by atomic mass is 16.5. The van der Waals surface area contributed by atoms with E-state index in [9.17, 15) is 4.79 Å². The summed E-state index contributed by atoms with van der Waals surface area (Å²) < 4.78 is 5.14. The van der Waals surface area contributed by atoms with Crippen LogP contribution >= 0.6 is 0 Å². The molecule has 27 heavy (non-hydrogen) atoms. The minimum absolute atomic E-state index is 0.217. The van der Waals surface area contributed by atoms with Crippen LogP contribution in [0.4, 0.5) is 5.82 Å². The molecule has 0 radical (unpaired) electrons. The quantitative estimate of drug-likeness (QED) is 0.790. The van der Waals surface area contributed by atoms with Gasteiger partial charge in [0.05, 0.1) is 19.0 Å². The van der Waals surface area contributed by atoms with Crippen LogP contribution in [0.25, 0.3) is 0 Å². The van der Waals surface area contributed by atoms with Crippen LogP contribution in [0.15, 0.2) is 18.3 Å². The van der Waals surface area contributed by atoms with Crippen LogP contribution in [0, 0.1) is 13.8 Å². The minimum Gasteiger partial charge on any atom is -0.495 e. The normalized spacial score (nSPS) is 16.4. The van der Waals surface area contributed by atoms with Gasteiger partial charge in [-0.25, -0.2) is 9.97 Å². The molecule has 1 amide bonds. The number of nitrogens with one attached hydrogen (secondary N) is 2. The largest absolute Gasteiger partial charge is 0.495 e. The Kier molecular flexibility index (Phi) is 5.85. The first kappa shape index (κ1) is 19.0. The molecule has 2 aromatic heterocycles. The number of nitrogens with zero attached hydrogens (tertiary/aromatic N) is 4. The minimum atomic E-state index is -0.265. The fourth-order valence-corrected chi connectivity index (χ4v) is 3.14. The predicted molar refractivity (Wildman–Crippen MR) is 103 cm³/mol. The van der Waals surface area contributed by atoms with Crippen LogP contribution in [0.1, 0.15) is 34.0 Å². The van der Waals surface area contributed by atoms with Crippen LogP contribution in [-0.2, 0) is 6.54 Å². The van der Waals surface area contributed by atoms with Gasteiger partial charge in [-0.1, -0.05) is 0 Å². The van der Waals surface area contributed by atoms with Crippen LogP contribution in [0.2, 0.25) is 0 Å². The van der Waals surface area contributed by atoms with E-state index >= 15 is 0 Å². The summed E-state index contributed by atoms with van der Waals surface area (Å²) in [5.41, 5.74) is 2.82. The Bertz CT molecular complexity index is 809. The van der Waals surface area contributed by atoms with Crippen LogP contribution in [0.3, 0.4) is 0 Å². The average molecular weight is 370 g/mol. The van der Waals surface area contributed by atoms with Gasteiger partial charge in [-0.2, -0.15) is 0 Å². The third-order valence-corrected chi connectivity index (χ3v) is 4.89. The van der Waals surface area contributed by atoms with Crippen molar-refractivity contribution in [2.45, 2.75) is 32.9 Å². The molecule has 1 aliphatic rings. The summed E-state index contributed by atoms with van der Waals surface area (Å²) in [6, 6.07) is 4.22. The number of carbonyl (C=O) groups excluding carboxylic acids is 1. The number of hydrogen-bond acceptors (Lipinski definition) is 7. The summed E-state index contributed by atoms with van der Waals surface area (Å²) in [7, 11) is 3.22. The van der Waals surface area contributed by atoms with Crippen molar-refractivity contribution in [3.05, 3.63) is 41.1 Å². The van der Waals surface area contributed by atoms with Gasteiger partial charge in [0.25, 0.3) is 5.91 Å². The Morgan fingerprint density at radius 3 is 2.81 bits per heavy atom. The average Bonchev–Trinajstić information content (AvgIpc) is 3.16. The lowest BCUT2D eigenvalue weighted by molar-refractivity contribution is 0.0952. The van der Waals surface area contributed by atoms with Gasteiger partial charge in [0, 0.05) is 44.0 Å². The lowest BCUT2D eigenvalue weighted by Crippen LogP contribution is -2.33. The predicted octanol–water partition coefficient (Wildman–Crippen LogP) is 1.23. The van der Waals surface area contributed by atoms with E-state index in [0.717, 1.165) is 48.0 Å². The molecule has 1 fully saturated rings. The maximum absolute atomic E-state index is 11.9. The van der Waals surface area contributed by atoms with Crippen molar-refractivity contribution in [2.75, 3.05) is 32.1 Å². The molecule has 8 nitrogen and oxygen atoms in total. The fourth-order valence-electron chi connectivity index (χ4n) is 3.14. The molecule has 144 valence electrons. The number of aryl methyl sites for hydroxylation is 1. The molecule has 0 spiro atoms. The maximum Gasteiger partial charge on any atom is 0.288 e. The topological polar surface area (TPSA) is 92.3 Å². The SMILES string of the molecule is CNC(=O)c1nc(C)c(C)c(N2CC[C@@H](NCc3ccc(OC)cn3)C2)n1. The highest BCUT2D eigenvalue weighted by Crippen LogP contribution is 2.24. The zero-order valence-electron chi connectivity index (χ0n) is 16.2. The highest BCUT2D eigenvalue weighted by molar-refractivity contribution is 5.90. The molecule has 1 atom stereocenters. The molecule has 0 saturated carbocycles. The number of carbonyl (C=O) groups is 1. The van der Waals surface area contributed by atoms with E-state index in [1.165, 1.54) is 0 Å². The Morgan fingerprint density at radius 2 is 2.15 bits per heavy atom. The van der Waals surface area contributed by atoms with Gasteiger partial charge in [0.15, 0.2) is 0 Å². The third-order valence-electron chi connectivity index (χ3n) is 4.89. The van der Waals surface area contributed by atoms with Crippen molar-refractivity contribution in [1.82, 2.24) is 25.6 Å². The van der Waals surface area contributed by atoms with Gasteiger partial charge in [-0.3, -0.25) is 9.78 Å². The monoisotopic (exact) mass is 370 g/mol. The summed E-state index contributed by atoms with van der Waals surface area (Å²) in [6.45, 7) is 6.33. The van der Waals surface area contributed by atoms with Gasteiger partial charge in [-0.05, 0) is 32.4 Å². The summed E-state index contributed by atoms with van der Waals surface area (Å²) in [4.78, 5) is 27.3. The number of methoxy groups -OCH3 is 1. The summed E-state index contributed by atoms with van der Waals surface area (Å²) in [6.07, 6.45) is 2.74. The number of ether oxygens (including phenoxy) is 1. The number of rotatable bonds is 6. The Balaban J connectivity index is 1.65. The smallest absolute Gasteiger partial charge is 0.288 e. The molecule has 1 aliphatic heterocycles. The summed E-state index contributed by atoms with van der Waals surface area (Å²) >= 11 is 0. The van der Waals surface area contributed by atoms with E-state index in [4.69, 9.17) is 4.74 Å². The first-order chi connectivity index (χ1) is 13.0. The summed E-state index contributed by atoms with van der Waals surface area (Å²) in [5.74, 6) is 1.55. The molecule has 2 aromatic rings. The standard InChI is InChI=1S/C19H26N6O2/c1-12-13(2)23-17(19(26)20-3)24-18(12)25-8-7-15(11-25)21-9-14-5-6-16(27-4)10-22-14/h5-6,10,15,21H,7-9,11H2,1-4H3,(H,20,26)/t15-/m1/s1. The van der Waals surface area contributed by atoms with Gasteiger partial charge < -0.3 is 20.3 Å². The van der Waals surface area contributed by atoms with Gasteiger partial charge in [0.1, 0.15) is 11.6 Å². The number of hydrogen-bond donors (Lipinski definition) is 2. The van der Waals surface area contributed by atoms with E-state index in [0.29, 0.717) is 12.6 Å². The van der Waals surface area contributed by atoms with Crippen molar-refractivity contribution < 1.29 is 9.53 Å². The van der Waals surface area contributed by atoms with Crippen molar-refractivity contribution in [1.29, 1.82) is 0 Å². The van der Waals surface area contributed by atoms with E-state index in [1.807, 2.05) is 26.0 Å². The van der Waals surface area contributed by atoms with Crippen LogP contribution in [-0.4, -0.2) is 54.1 Å². The lowest BCUT2D eigenvalue weighted by atomic mass is 10.2. The van der Waals surface area contributed by atoms with Crippen molar-refractivity contribution in [2.24, 2.45) is 0 Å². The number of amides is 1. The molecule has 0 unspecified atom stereocenters. The zero-order chi connectivity index (χ0) is 19.4. The molecule has 0 aliphatic carbocycles. The maximum atomic E-state index is 11.9. The molecule has 8 heteroatoms. The first-order valence-electron chi connectivity index (χ1n) is 9.06. The molecular weight excluding hydrogens is 344 g/mol. The Labute approximate surface area is 159 Å². The number of anilines is 1. The van der Waals surface area contributed by atoms with E-state index in [1.54, 1.807) is 20.4 Å². The molecular formula is C19H26N6O2. The molecule has 3 heterocycles. The third kappa shape index (κ3) is 4.33. The zero-order valence-corrected chi connectivity index (χ0v) is 16.2. The summed E-state index contributed by atoms with van der Waals surface area (Å²) in [5, 5.41) is 6.14. The first-order valence-corrected chi connectivity index (χ1v) is 9.06. The van der Waals surface area contributed by atoms with E-state index in [-0.39, 0.29) is 11.7 Å². The van der Waals surface area contributed by atoms with Gasteiger partial charge in [-0.15, -0.1) is 0 Å². The highest BCUT2D eigenvalue weighted by Gasteiger charge is 2.26. The molecule has 3 rings (SSSR count). The second-order valence-electron chi connectivity index (χ2n) is 6.66. The van der Waals surface area contributed by atoms with Crippen LogP contribution < -0.4 is 20.3 Å². The molecule has 0 aromatic carbocycles. The molecule has 2 N–H and O–H groups in total. The van der Waals surface area contributed by atoms with E-state index < -0.39 is 0 Å². The lowest BCUT2D eigenvalue weighted by Gasteiger charge is -2.21. The number of aromatic nitrogens is 3. The van der Waals surface area contributed by atoms with Gasteiger partial charge >= 0.3 is 0 Å².